The van der Waals surface area contributed by atoms with Gasteiger partial charge in [0.15, 0.2) is 12.4 Å². The van der Waals surface area contributed by atoms with Crippen molar-refractivity contribution in [2.24, 2.45) is 0 Å². The molecule has 1 saturated heterocycles. The van der Waals surface area contributed by atoms with Crippen molar-refractivity contribution in [1.82, 2.24) is 5.32 Å². The van der Waals surface area contributed by atoms with Gasteiger partial charge < -0.3 is 45.1 Å². The lowest BCUT2D eigenvalue weighted by Gasteiger charge is -2.41. The SMILES string of the molecule is CC/C=C/C=C/C=C/CCCCCCCCCC(=O)OC1C(OCC(NC(=O)C(O)CCCCCCCC/C=C\CCCCCC)C(O)/C=C/CCCCCCCCCCCCC)OC(CO)C(O)C1O. The van der Waals surface area contributed by atoms with E-state index in [0.29, 0.717) is 12.8 Å². The minimum absolute atomic E-state index is 0.108. The van der Waals surface area contributed by atoms with E-state index >= 15 is 0 Å². The van der Waals surface area contributed by atoms with Gasteiger partial charge in [0.2, 0.25) is 5.91 Å². The third kappa shape index (κ3) is 36.9. The van der Waals surface area contributed by atoms with E-state index in [1.807, 2.05) is 12.2 Å². The lowest BCUT2D eigenvalue weighted by Crippen LogP contribution is -2.61. The maximum Gasteiger partial charge on any atom is 0.306 e. The molecule has 0 radical (unpaired) electrons. The molecular weight excluding hydrogens is 895 g/mol. The van der Waals surface area contributed by atoms with Crippen LogP contribution in [0.1, 0.15) is 245 Å². The maximum absolute atomic E-state index is 13.4. The van der Waals surface area contributed by atoms with Crippen molar-refractivity contribution >= 4 is 11.9 Å². The van der Waals surface area contributed by atoms with Gasteiger partial charge in [-0.05, 0) is 70.6 Å². The highest BCUT2D eigenvalue weighted by Crippen LogP contribution is 2.26. The molecule has 71 heavy (non-hydrogen) atoms. The number of hydrogen-bond acceptors (Lipinski definition) is 10. The molecule has 412 valence electrons. The fourth-order valence-corrected chi connectivity index (χ4v) is 8.82. The molecule has 6 N–H and O–H groups in total. The highest BCUT2D eigenvalue weighted by Gasteiger charge is 2.47. The predicted octanol–water partition coefficient (Wildman–Crippen LogP) is 13.1. The van der Waals surface area contributed by atoms with Crippen molar-refractivity contribution in [2.45, 2.75) is 294 Å². The molecule has 1 fully saturated rings. The fourth-order valence-electron chi connectivity index (χ4n) is 8.82. The Hall–Kier alpha value is -2.64. The van der Waals surface area contributed by atoms with E-state index in [1.165, 1.54) is 96.3 Å². The Morgan fingerprint density at radius 2 is 1.03 bits per heavy atom. The van der Waals surface area contributed by atoms with Crippen molar-refractivity contribution in [2.75, 3.05) is 13.2 Å². The molecule has 8 unspecified atom stereocenters. The monoisotopic (exact) mass is 1000 g/mol. The van der Waals surface area contributed by atoms with Crippen molar-refractivity contribution in [3.8, 4) is 0 Å². The first-order chi connectivity index (χ1) is 34.7. The number of allylic oxidation sites excluding steroid dienone is 9. The molecule has 11 nitrogen and oxygen atoms in total. The first-order valence-electron chi connectivity index (χ1n) is 29.1. The van der Waals surface area contributed by atoms with E-state index < -0.39 is 67.4 Å². The molecule has 0 saturated carbocycles. The number of ether oxygens (including phenoxy) is 3. The summed E-state index contributed by atoms with van der Waals surface area (Å²) in [5.74, 6) is -1.21. The predicted molar refractivity (Wildman–Crippen MR) is 292 cm³/mol. The van der Waals surface area contributed by atoms with Crippen LogP contribution in [0.5, 0.6) is 0 Å². The molecule has 0 aromatic carbocycles. The molecule has 1 aliphatic heterocycles. The number of unbranched alkanes of at least 4 members (excludes halogenated alkanes) is 28. The van der Waals surface area contributed by atoms with Crippen LogP contribution in [0.2, 0.25) is 0 Å². The number of rotatable bonds is 48. The number of carbonyl (C=O) groups is 2. The number of amides is 1. The minimum Gasteiger partial charge on any atom is -0.454 e. The van der Waals surface area contributed by atoms with Crippen LogP contribution in [0.4, 0.5) is 0 Å². The van der Waals surface area contributed by atoms with Gasteiger partial charge >= 0.3 is 5.97 Å². The Balaban J connectivity index is 2.75. The van der Waals surface area contributed by atoms with Crippen LogP contribution in [0, 0.1) is 0 Å². The molecule has 1 rings (SSSR count). The molecule has 8 atom stereocenters. The Kier molecular flexibility index (Phi) is 45.2. The van der Waals surface area contributed by atoms with Crippen LogP contribution >= 0.6 is 0 Å². The summed E-state index contributed by atoms with van der Waals surface area (Å²) in [5.41, 5.74) is 0. The van der Waals surface area contributed by atoms with Gasteiger partial charge in [0.05, 0.1) is 25.4 Å². The van der Waals surface area contributed by atoms with Crippen LogP contribution in [0.3, 0.4) is 0 Å². The number of nitrogens with one attached hydrogen (secondary N) is 1. The van der Waals surface area contributed by atoms with E-state index in [1.54, 1.807) is 6.08 Å². The van der Waals surface area contributed by atoms with Crippen molar-refractivity contribution in [3.05, 3.63) is 60.8 Å². The van der Waals surface area contributed by atoms with E-state index in [0.717, 1.165) is 103 Å². The molecule has 1 heterocycles. The standard InChI is InChI=1S/C60H107NO10/c1-4-7-10-13-16-19-22-25-27-30-33-36-39-42-45-48-55(65)71-58-57(67)56(66)54(49-62)70-60(58)69-50-51(52(63)46-43-40-37-34-31-28-24-21-18-15-12-9-6-3)61-59(68)53(64)47-44-41-38-35-32-29-26-23-20-17-14-11-8-5-2/h7,10,13,16,19-20,22-23,43,46,51-54,56-58,60,62-64,66-67H,4-6,8-9,11-12,14-15,17-18,21,24-42,44-45,47-50H2,1-3H3,(H,61,68)/b10-7+,16-13+,22-19+,23-20-,46-43+. The number of esters is 1. The third-order valence-corrected chi connectivity index (χ3v) is 13.5. The smallest absolute Gasteiger partial charge is 0.306 e. The van der Waals surface area contributed by atoms with Gasteiger partial charge in [0, 0.05) is 6.42 Å². The zero-order chi connectivity index (χ0) is 51.8. The average molecular weight is 1000 g/mol. The third-order valence-electron chi connectivity index (χ3n) is 13.5. The zero-order valence-corrected chi connectivity index (χ0v) is 45.3. The number of carbonyl (C=O) groups excluding carboxylic acids is 2. The van der Waals surface area contributed by atoms with E-state index in [2.05, 4.69) is 68.6 Å². The first kappa shape index (κ1) is 66.4. The molecule has 11 heteroatoms. The van der Waals surface area contributed by atoms with Gasteiger partial charge in [0.1, 0.15) is 24.4 Å². The summed E-state index contributed by atoms with van der Waals surface area (Å²) in [7, 11) is 0. The summed E-state index contributed by atoms with van der Waals surface area (Å²) in [6.45, 7) is 5.63. The Morgan fingerprint density at radius 3 is 1.56 bits per heavy atom. The van der Waals surface area contributed by atoms with Crippen molar-refractivity contribution in [3.63, 3.8) is 0 Å². The van der Waals surface area contributed by atoms with Gasteiger partial charge in [-0.25, -0.2) is 0 Å². The second kappa shape index (κ2) is 48.3. The van der Waals surface area contributed by atoms with Crippen LogP contribution in [-0.2, 0) is 23.8 Å². The van der Waals surface area contributed by atoms with E-state index in [4.69, 9.17) is 14.2 Å². The average Bonchev–Trinajstić information content (AvgIpc) is 3.37. The van der Waals surface area contributed by atoms with Gasteiger partial charge in [-0.3, -0.25) is 9.59 Å². The van der Waals surface area contributed by atoms with E-state index in [-0.39, 0.29) is 19.4 Å². The van der Waals surface area contributed by atoms with Gasteiger partial charge in [0.25, 0.3) is 0 Å². The topological polar surface area (TPSA) is 175 Å². The molecule has 0 aromatic rings. The number of aliphatic hydroxyl groups is 5. The Morgan fingerprint density at radius 1 is 0.563 bits per heavy atom. The van der Waals surface area contributed by atoms with Crippen molar-refractivity contribution < 1.29 is 49.3 Å². The van der Waals surface area contributed by atoms with Crippen molar-refractivity contribution in [1.29, 1.82) is 0 Å². The second-order valence-electron chi connectivity index (χ2n) is 20.1. The quantitative estimate of drug-likeness (QED) is 0.0149. The fraction of sp³-hybridized carbons (Fsp3) is 0.800. The lowest BCUT2D eigenvalue weighted by molar-refractivity contribution is -0.305. The molecule has 0 spiro atoms. The van der Waals surface area contributed by atoms with Crippen LogP contribution < -0.4 is 5.32 Å². The summed E-state index contributed by atoms with van der Waals surface area (Å²) < 4.78 is 17.6. The highest BCUT2D eigenvalue weighted by atomic mass is 16.7. The number of aliphatic hydroxyl groups excluding tert-OH is 5. The Bertz CT molecular complexity index is 1380. The summed E-state index contributed by atoms with van der Waals surface area (Å²) in [6, 6.07) is -1.03. The minimum atomic E-state index is -1.62. The highest BCUT2D eigenvalue weighted by molar-refractivity contribution is 5.80. The second-order valence-corrected chi connectivity index (χ2v) is 20.1. The molecule has 1 aliphatic rings. The summed E-state index contributed by atoms with van der Waals surface area (Å²) in [5, 5.41) is 56.8. The molecule has 0 aromatic heterocycles. The number of hydrogen-bond donors (Lipinski definition) is 6. The largest absolute Gasteiger partial charge is 0.454 e. The van der Waals surface area contributed by atoms with Gasteiger partial charge in [-0.1, -0.05) is 229 Å². The molecule has 0 bridgehead atoms. The van der Waals surface area contributed by atoms with E-state index in [9.17, 15) is 35.1 Å². The maximum atomic E-state index is 13.4. The first-order valence-corrected chi connectivity index (χ1v) is 29.1. The normalized spacial score (nSPS) is 20.0. The zero-order valence-electron chi connectivity index (χ0n) is 45.3. The molecular formula is C60H107NO10. The lowest BCUT2D eigenvalue weighted by atomic mass is 9.99. The van der Waals surface area contributed by atoms with Crippen LogP contribution in [0.25, 0.3) is 0 Å². The van der Waals surface area contributed by atoms with Crippen LogP contribution in [-0.4, -0.2) is 99.6 Å². The van der Waals surface area contributed by atoms with Crippen LogP contribution in [0.15, 0.2) is 60.8 Å². The molecule has 0 aliphatic carbocycles. The summed E-state index contributed by atoms with van der Waals surface area (Å²) in [6.07, 6.45) is 48.3. The van der Waals surface area contributed by atoms with Gasteiger partial charge in [-0.15, -0.1) is 0 Å². The summed E-state index contributed by atoms with van der Waals surface area (Å²) >= 11 is 0. The Labute approximate surface area is 433 Å². The van der Waals surface area contributed by atoms with Gasteiger partial charge in [-0.2, -0.15) is 0 Å². The summed E-state index contributed by atoms with van der Waals surface area (Å²) in [4.78, 5) is 26.5. The molecule has 1 amide bonds.